The van der Waals surface area contributed by atoms with E-state index in [0.717, 1.165) is 18.8 Å². The molecule has 1 aromatic carbocycles. The highest BCUT2D eigenvalue weighted by molar-refractivity contribution is 14.1. The van der Waals surface area contributed by atoms with Crippen molar-refractivity contribution in [2.75, 3.05) is 11.0 Å². The first-order valence-corrected chi connectivity index (χ1v) is 12.0. The maximum absolute atomic E-state index is 5.77. The Balaban J connectivity index is 2.19. The number of unbranched alkanes of at least 4 members (excludes halogenated alkanes) is 1. The average Bonchev–Trinajstić information content (AvgIpc) is 2.30. The molecule has 0 atom stereocenters. The zero-order valence-corrected chi connectivity index (χ0v) is 15.0. The van der Waals surface area contributed by atoms with Gasteiger partial charge in [0.2, 0.25) is 0 Å². The lowest BCUT2D eigenvalue weighted by Gasteiger charge is -2.15. The van der Waals surface area contributed by atoms with Crippen LogP contribution < -0.4 is 4.74 Å². The first-order valence-electron chi connectivity index (χ1n) is 6.79. The van der Waals surface area contributed by atoms with Gasteiger partial charge in [-0.05, 0) is 30.5 Å². The van der Waals surface area contributed by atoms with Crippen molar-refractivity contribution in [1.29, 1.82) is 0 Å². The van der Waals surface area contributed by atoms with Crippen LogP contribution in [0.4, 0.5) is 0 Å². The van der Waals surface area contributed by atoms with Crippen LogP contribution >= 0.6 is 22.6 Å². The second kappa shape index (κ2) is 8.20. The summed E-state index contributed by atoms with van der Waals surface area (Å²) in [7, 11) is -0.859. The molecule has 0 unspecified atom stereocenters. The topological polar surface area (TPSA) is 9.23 Å². The molecule has 0 aliphatic rings. The molecule has 0 amide bonds. The van der Waals surface area contributed by atoms with Crippen molar-refractivity contribution in [3.63, 3.8) is 0 Å². The van der Waals surface area contributed by atoms with Crippen molar-refractivity contribution < 1.29 is 4.74 Å². The first kappa shape index (κ1) is 16.0. The summed E-state index contributed by atoms with van der Waals surface area (Å²) in [5, 5.41) is 0. The first-order chi connectivity index (χ1) is 8.51. The van der Waals surface area contributed by atoms with Gasteiger partial charge in [-0.15, -0.1) is 0 Å². The van der Waals surface area contributed by atoms with Gasteiger partial charge in [0.15, 0.2) is 0 Å². The normalized spacial score (nSPS) is 11.6. The van der Waals surface area contributed by atoms with E-state index in [4.69, 9.17) is 4.74 Å². The molecule has 0 aromatic heterocycles. The predicted molar refractivity (Wildman–Crippen MR) is 91.9 cm³/mol. The minimum Gasteiger partial charge on any atom is -0.494 e. The molecule has 3 heteroatoms. The Bertz CT molecular complexity index is 329. The summed E-state index contributed by atoms with van der Waals surface area (Å²) >= 11 is 2.41. The molecule has 0 N–H and O–H groups in total. The molecule has 18 heavy (non-hydrogen) atoms. The highest BCUT2D eigenvalue weighted by Gasteiger charge is 2.11. The van der Waals surface area contributed by atoms with E-state index in [1.165, 1.54) is 28.9 Å². The molecular weight excluding hydrogens is 351 g/mol. The van der Waals surface area contributed by atoms with Gasteiger partial charge in [0, 0.05) is 12.5 Å². The Morgan fingerprint density at radius 2 is 1.72 bits per heavy atom. The Morgan fingerprint density at radius 1 is 1.06 bits per heavy atom. The van der Waals surface area contributed by atoms with Crippen LogP contribution in [0.15, 0.2) is 24.3 Å². The van der Waals surface area contributed by atoms with Gasteiger partial charge in [-0.1, -0.05) is 66.8 Å². The van der Waals surface area contributed by atoms with E-state index in [1.54, 1.807) is 0 Å². The third kappa shape index (κ3) is 7.41. The second-order valence-electron chi connectivity index (χ2n) is 5.95. The molecular formula is C15H25IOSi. The summed E-state index contributed by atoms with van der Waals surface area (Å²) < 4.78 is 6.94. The maximum Gasteiger partial charge on any atom is 0.119 e. The number of rotatable bonds is 8. The van der Waals surface area contributed by atoms with Gasteiger partial charge in [0.25, 0.3) is 0 Å². The molecule has 0 saturated carbocycles. The van der Waals surface area contributed by atoms with E-state index in [2.05, 4.69) is 66.5 Å². The van der Waals surface area contributed by atoms with Gasteiger partial charge in [0.1, 0.15) is 5.75 Å². The van der Waals surface area contributed by atoms with Crippen LogP contribution in [-0.2, 0) is 6.42 Å². The van der Waals surface area contributed by atoms with Gasteiger partial charge >= 0.3 is 0 Å². The van der Waals surface area contributed by atoms with Gasteiger partial charge in [-0.2, -0.15) is 0 Å². The standard InChI is InChI=1S/C15H25IOSi/c1-18(2,3)13-5-4-12-17-15-8-6-14(7-9-15)10-11-16/h6-9H,4-5,10-13H2,1-3H3. The summed E-state index contributed by atoms with van der Waals surface area (Å²) in [5.74, 6) is 1.01. The summed E-state index contributed by atoms with van der Waals surface area (Å²) in [6.07, 6.45) is 3.64. The summed E-state index contributed by atoms with van der Waals surface area (Å²) in [6, 6.07) is 9.96. The van der Waals surface area contributed by atoms with Crippen molar-refractivity contribution in [3.8, 4) is 5.75 Å². The Kier molecular flexibility index (Phi) is 7.30. The number of hydrogen-bond acceptors (Lipinski definition) is 1. The van der Waals surface area contributed by atoms with Crippen molar-refractivity contribution in [2.45, 2.75) is 44.9 Å². The molecule has 0 heterocycles. The van der Waals surface area contributed by atoms with E-state index >= 15 is 0 Å². The monoisotopic (exact) mass is 376 g/mol. The largest absolute Gasteiger partial charge is 0.494 e. The summed E-state index contributed by atoms with van der Waals surface area (Å²) in [4.78, 5) is 0. The summed E-state index contributed by atoms with van der Waals surface area (Å²) in [6.45, 7) is 8.15. The molecule has 0 bridgehead atoms. The van der Waals surface area contributed by atoms with Crippen LogP contribution in [0.25, 0.3) is 0 Å². The van der Waals surface area contributed by atoms with Crippen molar-refractivity contribution >= 4 is 30.7 Å². The van der Waals surface area contributed by atoms with E-state index in [1.807, 2.05) is 0 Å². The number of hydrogen-bond donors (Lipinski definition) is 0. The Labute approximate surface area is 126 Å². The van der Waals surface area contributed by atoms with E-state index in [9.17, 15) is 0 Å². The highest BCUT2D eigenvalue weighted by atomic mass is 127. The molecule has 1 nitrogen and oxygen atoms in total. The van der Waals surface area contributed by atoms with Crippen molar-refractivity contribution in [1.82, 2.24) is 0 Å². The van der Waals surface area contributed by atoms with Crippen LogP contribution in [0.5, 0.6) is 5.75 Å². The fraction of sp³-hybridized carbons (Fsp3) is 0.600. The minimum absolute atomic E-state index is 0.857. The number of alkyl halides is 1. The fourth-order valence-electron chi connectivity index (χ4n) is 1.81. The van der Waals surface area contributed by atoms with Crippen LogP contribution in [0, 0.1) is 0 Å². The van der Waals surface area contributed by atoms with Gasteiger partial charge in [0.05, 0.1) is 6.61 Å². The number of benzene rings is 1. The molecule has 0 aliphatic heterocycles. The third-order valence-corrected chi connectivity index (χ3v) is 5.29. The zero-order valence-electron chi connectivity index (χ0n) is 11.8. The van der Waals surface area contributed by atoms with Crippen LogP contribution in [-0.4, -0.2) is 19.1 Å². The summed E-state index contributed by atoms with van der Waals surface area (Å²) in [5.41, 5.74) is 1.40. The molecule has 1 rings (SSSR count). The average molecular weight is 376 g/mol. The molecule has 102 valence electrons. The molecule has 0 saturated heterocycles. The zero-order chi connectivity index (χ0) is 13.4. The molecule has 1 aromatic rings. The van der Waals surface area contributed by atoms with E-state index in [-0.39, 0.29) is 0 Å². The van der Waals surface area contributed by atoms with Crippen LogP contribution in [0.3, 0.4) is 0 Å². The SMILES string of the molecule is C[Si](C)(C)CCCCOc1ccc(CCI)cc1. The van der Waals surface area contributed by atoms with Crippen molar-refractivity contribution in [3.05, 3.63) is 29.8 Å². The predicted octanol–water partition coefficient (Wildman–Crippen LogP) is 5.16. The molecule has 0 fully saturated rings. The minimum atomic E-state index is -0.859. The number of halogens is 1. The Morgan fingerprint density at radius 3 is 2.28 bits per heavy atom. The second-order valence-corrected chi connectivity index (χ2v) is 12.6. The smallest absolute Gasteiger partial charge is 0.119 e. The molecule has 0 radical (unpaired) electrons. The third-order valence-electron chi connectivity index (χ3n) is 2.90. The lowest BCUT2D eigenvalue weighted by molar-refractivity contribution is 0.309. The van der Waals surface area contributed by atoms with E-state index < -0.39 is 8.07 Å². The number of aryl methyl sites for hydroxylation is 1. The Hall–Kier alpha value is -0.0331. The lowest BCUT2D eigenvalue weighted by Crippen LogP contribution is -2.18. The van der Waals surface area contributed by atoms with Gasteiger partial charge in [-0.3, -0.25) is 0 Å². The van der Waals surface area contributed by atoms with E-state index in [0.29, 0.717) is 0 Å². The number of ether oxygens (including phenoxy) is 1. The fourth-order valence-corrected chi connectivity index (χ4v) is 3.74. The van der Waals surface area contributed by atoms with Crippen LogP contribution in [0.2, 0.25) is 25.7 Å². The van der Waals surface area contributed by atoms with Crippen LogP contribution in [0.1, 0.15) is 18.4 Å². The maximum atomic E-state index is 5.77. The highest BCUT2D eigenvalue weighted by Crippen LogP contribution is 2.15. The lowest BCUT2D eigenvalue weighted by atomic mass is 10.2. The molecule has 0 aliphatic carbocycles. The van der Waals surface area contributed by atoms with Gasteiger partial charge in [-0.25, -0.2) is 0 Å². The van der Waals surface area contributed by atoms with Gasteiger partial charge < -0.3 is 4.74 Å². The quantitative estimate of drug-likeness (QED) is 0.264. The van der Waals surface area contributed by atoms with Crippen molar-refractivity contribution in [2.24, 2.45) is 0 Å². The molecule has 0 spiro atoms.